The average Bonchev–Trinajstić information content (AvgIpc) is 2.65. The maximum Gasteiger partial charge on any atom is 0.129 e. The molecular formula is C10H10ClN3. The Bertz CT molecular complexity index is 436. The standard InChI is InChI=1S/C10H10ClN3/c1-2-14-9(6-7-12-14)8-4-3-5-10(11)13-8/h3-7H,2H2,1H3. The number of nitrogens with zero attached hydrogens (tertiary/aromatic N) is 3. The van der Waals surface area contributed by atoms with Gasteiger partial charge in [-0.15, -0.1) is 0 Å². The number of hydrogen-bond acceptors (Lipinski definition) is 2. The molecule has 0 aliphatic rings. The van der Waals surface area contributed by atoms with E-state index >= 15 is 0 Å². The zero-order valence-corrected chi connectivity index (χ0v) is 8.57. The third-order valence-corrected chi connectivity index (χ3v) is 2.20. The van der Waals surface area contributed by atoms with Crippen molar-refractivity contribution in [2.75, 3.05) is 0 Å². The van der Waals surface area contributed by atoms with Gasteiger partial charge < -0.3 is 0 Å². The summed E-state index contributed by atoms with van der Waals surface area (Å²) >= 11 is 5.82. The molecular weight excluding hydrogens is 198 g/mol. The Kier molecular flexibility index (Phi) is 2.50. The fraction of sp³-hybridized carbons (Fsp3) is 0.200. The summed E-state index contributed by atoms with van der Waals surface area (Å²) in [6.07, 6.45) is 1.77. The number of aromatic nitrogens is 3. The van der Waals surface area contributed by atoms with Crippen molar-refractivity contribution in [1.82, 2.24) is 14.8 Å². The van der Waals surface area contributed by atoms with Gasteiger partial charge in [-0.1, -0.05) is 17.7 Å². The van der Waals surface area contributed by atoms with E-state index in [-0.39, 0.29) is 0 Å². The molecule has 0 bridgehead atoms. The summed E-state index contributed by atoms with van der Waals surface area (Å²) in [6.45, 7) is 2.87. The summed E-state index contributed by atoms with van der Waals surface area (Å²) in [7, 11) is 0. The molecule has 0 aliphatic heterocycles. The molecule has 2 rings (SSSR count). The van der Waals surface area contributed by atoms with Crippen LogP contribution in [0.15, 0.2) is 30.5 Å². The molecule has 0 saturated carbocycles. The summed E-state index contributed by atoms with van der Waals surface area (Å²) < 4.78 is 1.89. The predicted molar refractivity (Wildman–Crippen MR) is 56.1 cm³/mol. The molecule has 0 saturated heterocycles. The summed E-state index contributed by atoms with van der Waals surface area (Å²) in [5, 5.41) is 4.68. The van der Waals surface area contributed by atoms with E-state index in [1.54, 1.807) is 12.3 Å². The predicted octanol–water partition coefficient (Wildman–Crippen LogP) is 2.62. The zero-order valence-electron chi connectivity index (χ0n) is 7.81. The van der Waals surface area contributed by atoms with Gasteiger partial charge in [-0.2, -0.15) is 5.10 Å². The average molecular weight is 208 g/mol. The Balaban J connectivity index is 2.49. The second kappa shape index (κ2) is 3.80. The van der Waals surface area contributed by atoms with Crippen LogP contribution in [0.3, 0.4) is 0 Å². The van der Waals surface area contributed by atoms with Crippen LogP contribution in [0.4, 0.5) is 0 Å². The van der Waals surface area contributed by atoms with Crippen molar-refractivity contribution >= 4 is 11.6 Å². The second-order valence-corrected chi connectivity index (χ2v) is 3.27. The minimum Gasteiger partial charge on any atom is -0.264 e. The number of rotatable bonds is 2. The van der Waals surface area contributed by atoms with E-state index in [4.69, 9.17) is 11.6 Å². The highest BCUT2D eigenvalue weighted by Gasteiger charge is 2.04. The van der Waals surface area contributed by atoms with E-state index in [0.29, 0.717) is 5.15 Å². The van der Waals surface area contributed by atoms with E-state index in [1.165, 1.54) is 0 Å². The maximum absolute atomic E-state index is 5.82. The van der Waals surface area contributed by atoms with Crippen LogP contribution in [0, 0.1) is 0 Å². The molecule has 0 N–H and O–H groups in total. The van der Waals surface area contributed by atoms with Crippen molar-refractivity contribution in [3.8, 4) is 11.4 Å². The summed E-state index contributed by atoms with van der Waals surface area (Å²) in [4.78, 5) is 4.23. The lowest BCUT2D eigenvalue weighted by atomic mass is 10.3. The first-order valence-electron chi connectivity index (χ1n) is 4.46. The first kappa shape index (κ1) is 9.21. The van der Waals surface area contributed by atoms with Gasteiger partial charge in [0, 0.05) is 12.7 Å². The first-order valence-corrected chi connectivity index (χ1v) is 4.84. The van der Waals surface area contributed by atoms with Crippen molar-refractivity contribution in [2.24, 2.45) is 0 Å². The molecule has 0 aliphatic carbocycles. The van der Waals surface area contributed by atoms with E-state index in [0.717, 1.165) is 17.9 Å². The Hall–Kier alpha value is -1.35. The van der Waals surface area contributed by atoms with Crippen molar-refractivity contribution in [3.63, 3.8) is 0 Å². The SMILES string of the molecule is CCn1nccc1-c1cccc(Cl)n1. The molecule has 72 valence electrons. The van der Waals surface area contributed by atoms with Gasteiger partial charge in [0.15, 0.2) is 0 Å². The van der Waals surface area contributed by atoms with Gasteiger partial charge in [0.2, 0.25) is 0 Å². The van der Waals surface area contributed by atoms with Gasteiger partial charge >= 0.3 is 0 Å². The molecule has 3 nitrogen and oxygen atoms in total. The van der Waals surface area contributed by atoms with Gasteiger partial charge in [-0.3, -0.25) is 4.68 Å². The summed E-state index contributed by atoms with van der Waals surface area (Å²) in [5.41, 5.74) is 1.85. The topological polar surface area (TPSA) is 30.7 Å². The van der Waals surface area contributed by atoms with Gasteiger partial charge in [0.1, 0.15) is 5.15 Å². The fourth-order valence-corrected chi connectivity index (χ4v) is 1.52. The lowest BCUT2D eigenvalue weighted by Crippen LogP contribution is -1.99. The Morgan fingerprint density at radius 2 is 2.21 bits per heavy atom. The molecule has 0 fully saturated rings. The largest absolute Gasteiger partial charge is 0.264 e. The van der Waals surface area contributed by atoms with Crippen LogP contribution in [0.5, 0.6) is 0 Å². The van der Waals surface area contributed by atoms with Crippen LogP contribution >= 0.6 is 11.6 Å². The van der Waals surface area contributed by atoms with Gasteiger partial charge in [-0.25, -0.2) is 4.98 Å². The molecule has 0 atom stereocenters. The van der Waals surface area contributed by atoms with Crippen molar-refractivity contribution in [3.05, 3.63) is 35.6 Å². The minimum absolute atomic E-state index is 0.506. The Morgan fingerprint density at radius 3 is 2.93 bits per heavy atom. The van der Waals surface area contributed by atoms with Crippen LogP contribution in [0.1, 0.15) is 6.92 Å². The highest BCUT2D eigenvalue weighted by molar-refractivity contribution is 6.29. The van der Waals surface area contributed by atoms with E-state index < -0.39 is 0 Å². The van der Waals surface area contributed by atoms with Crippen molar-refractivity contribution in [2.45, 2.75) is 13.5 Å². The molecule has 2 aromatic rings. The normalized spacial score (nSPS) is 10.4. The smallest absolute Gasteiger partial charge is 0.129 e. The monoisotopic (exact) mass is 207 g/mol. The third-order valence-electron chi connectivity index (χ3n) is 1.99. The van der Waals surface area contributed by atoms with Gasteiger partial charge in [0.25, 0.3) is 0 Å². The Morgan fingerprint density at radius 1 is 1.36 bits per heavy atom. The Labute approximate surface area is 87.3 Å². The third kappa shape index (κ3) is 1.63. The summed E-state index contributed by atoms with van der Waals surface area (Å²) in [5.74, 6) is 0. The minimum atomic E-state index is 0.506. The van der Waals surface area contributed by atoms with Gasteiger partial charge in [0.05, 0.1) is 11.4 Å². The van der Waals surface area contributed by atoms with Crippen LogP contribution in [0.2, 0.25) is 5.15 Å². The number of pyridine rings is 1. The first-order chi connectivity index (χ1) is 6.81. The second-order valence-electron chi connectivity index (χ2n) is 2.88. The molecule has 0 amide bonds. The van der Waals surface area contributed by atoms with Crippen LogP contribution in [-0.4, -0.2) is 14.8 Å². The van der Waals surface area contributed by atoms with Gasteiger partial charge in [-0.05, 0) is 25.1 Å². The summed E-state index contributed by atoms with van der Waals surface area (Å²) in [6, 6.07) is 7.51. The van der Waals surface area contributed by atoms with Crippen LogP contribution in [0.25, 0.3) is 11.4 Å². The van der Waals surface area contributed by atoms with E-state index in [1.807, 2.05) is 29.8 Å². The van der Waals surface area contributed by atoms with E-state index in [2.05, 4.69) is 10.1 Å². The highest BCUT2D eigenvalue weighted by Crippen LogP contribution is 2.18. The molecule has 0 radical (unpaired) electrons. The van der Waals surface area contributed by atoms with Crippen molar-refractivity contribution in [1.29, 1.82) is 0 Å². The lowest BCUT2D eigenvalue weighted by molar-refractivity contribution is 0.665. The molecule has 4 heteroatoms. The fourth-order valence-electron chi connectivity index (χ4n) is 1.35. The molecule has 2 heterocycles. The molecule has 14 heavy (non-hydrogen) atoms. The molecule has 2 aromatic heterocycles. The number of aryl methyl sites for hydroxylation is 1. The van der Waals surface area contributed by atoms with E-state index in [9.17, 15) is 0 Å². The maximum atomic E-state index is 5.82. The van der Waals surface area contributed by atoms with Crippen molar-refractivity contribution < 1.29 is 0 Å². The molecule has 0 unspecified atom stereocenters. The van der Waals surface area contributed by atoms with Crippen LogP contribution in [-0.2, 0) is 6.54 Å². The quantitative estimate of drug-likeness (QED) is 0.709. The zero-order chi connectivity index (χ0) is 9.97. The number of hydrogen-bond donors (Lipinski definition) is 0. The van der Waals surface area contributed by atoms with Crippen LogP contribution < -0.4 is 0 Å². The number of halogens is 1. The molecule has 0 aromatic carbocycles. The highest BCUT2D eigenvalue weighted by atomic mass is 35.5. The molecule has 0 spiro atoms. The lowest BCUT2D eigenvalue weighted by Gasteiger charge is -2.03.